The topological polar surface area (TPSA) is 49.8 Å². The maximum absolute atomic E-state index is 11.5. The van der Waals surface area contributed by atoms with E-state index in [2.05, 4.69) is 4.90 Å². The maximum Gasteiger partial charge on any atom is 0.309 e. The van der Waals surface area contributed by atoms with Gasteiger partial charge in [-0.3, -0.25) is 4.79 Å². The quantitative estimate of drug-likeness (QED) is 0.715. The van der Waals surface area contributed by atoms with Crippen LogP contribution in [0.1, 0.15) is 33.1 Å². The second-order valence-electron chi connectivity index (χ2n) is 4.39. The van der Waals surface area contributed by atoms with Crippen molar-refractivity contribution < 1.29 is 14.6 Å². The predicted molar refractivity (Wildman–Crippen MR) is 62.1 cm³/mol. The highest BCUT2D eigenvalue weighted by Crippen LogP contribution is 2.18. The van der Waals surface area contributed by atoms with Gasteiger partial charge < -0.3 is 14.7 Å². The van der Waals surface area contributed by atoms with Gasteiger partial charge in [0.15, 0.2) is 0 Å². The summed E-state index contributed by atoms with van der Waals surface area (Å²) in [7, 11) is 0. The number of ether oxygens (including phenoxy) is 1. The fourth-order valence-electron chi connectivity index (χ4n) is 2.04. The number of likely N-dealkylation sites (tertiary alicyclic amines) is 1. The molecular weight excluding hydrogens is 206 g/mol. The average molecular weight is 229 g/mol. The molecule has 0 aromatic rings. The smallest absolute Gasteiger partial charge is 0.309 e. The van der Waals surface area contributed by atoms with Gasteiger partial charge in [0, 0.05) is 6.54 Å². The number of aliphatic hydroxyl groups is 1. The van der Waals surface area contributed by atoms with Crippen LogP contribution < -0.4 is 0 Å². The molecule has 4 nitrogen and oxygen atoms in total. The summed E-state index contributed by atoms with van der Waals surface area (Å²) in [6.45, 7) is 6.79. The molecule has 0 spiro atoms. The van der Waals surface area contributed by atoms with Gasteiger partial charge in [-0.25, -0.2) is 0 Å². The van der Waals surface area contributed by atoms with Crippen molar-refractivity contribution in [2.75, 3.05) is 26.2 Å². The number of carbonyl (C=O) groups excluding carboxylic acids is 1. The minimum absolute atomic E-state index is 0.0572. The first-order valence-electron chi connectivity index (χ1n) is 6.24. The zero-order valence-electron chi connectivity index (χ0n) is 10.3. The van der Waals surface area contributed by atoms with Gasteiger partial charge in [0.25, 0.3) is 0 Å². The van der Waals surface area contributed by atoms with Crippen molar-refractivity contribution in [1.29, 1.82) is 0 Å². The Morgan fingerprint density at radius 3 is 2.56 bits per heavy atom. The average Bonchev–Trinajstić information content (AvgIpc) is 2.30. The molecule has 0 aromatic carbocycles. The third-order valence-corrected chi connectivity index (χ3v) is 3.15. The fourth-order valence-corrected chi connectivity index (χ4v) is 2.04. The van der Waals surface area contributed by atoms with E-state index in [-0.39, 0.29) is 18.0 Å². The molecule has 1 N–H and O–H groups in total. The van der Waals surface area contributed by atoms with Gasteiger partial charge in [-0.05, 0) is 39.3 Å². The van der Waals surface area contributed by atoms with Crippen molar-refractivity contribution in [2.24, 2.45) is 5.92 Å². The lowest BCUT2D eigenvalue weighted by Gasteiger charge is -2.31. The van der Waals surface area contributed by atoms with E-state index < -0.39 is 0 Å². The normalized spacial score (nSPS) is 20.7. The highest BCUT2D eigenvalue weighted by Gasteiger charge is 2.26. The number of rotatable bonds is 5. The molecular formula is C12H23NO3. The zero-order chi connectivity index (χ0) is 12.0. The van der Waals surface area contributed by atoms with Gasteiger partial charge >= 0.3 is 5.97 Å². The Kier molecular flexibility index (Phi) is 5.77. The lowest BCUT2D eigenvalue weighted by Crippen LogP contribution is -2.40. The molecule has 1 saturated heterocycles. The summed E-state index contributed by atoms with van der Waals surface area (Å²) in [5.41, 5.74) is 0. The van der Waals surface area contributed by atoms with Gasteiger partial charge in [0.05, 0.1) is 18.6 Å². The molecule has 0 amide bonds. The molecule has 16 heavy (non-hydrogen) atoms. The molecule has 94 valence electrons. The van der Waals surface area contributed by atoms with Crippen molar-refractivity contribution in [3.05, 3.63) is 0 Å². The molecule has 1 aliphatic heterocycles. The van der Waals surface area contributed by atoms with E-state index in [1.54, 1.807) is 0 Å². The Balaban J connectivity index is 2.25. The second kappa shape index (κ2) is 6.86. The van der Waals surface area contributed by atoms with Crippen molar-refractivity contribution in [2.45, 2.75) is 39.2 Å². The summed E-state index contributed by atoms with van der Waals surface area (Å²) in [5.74, 6) is 0.00755. The molecule has 1 aliphatic rings. The number of β-amino-alcohol motifs (C(OH)–C–C–N with tert-alkyl or cyclic N) is 1. The monoisotopic (exact) mass is 229 g/mol. The van der Waals surface area contributed by atoms with Crippen molar-refractivity contribution in [1.82, 2.24) is 4.90 Å². The standard InChI is InChI=1S/C12H23NO3/c1-3-11(14)9-13-7-5-10(6-8-13)12(15)16-4-2/h10-11,14H,3-9H2,1-2H3/t11-/m1/s1. The first-order chi connectivity index (χ1) is 7.67. The van der Waals surface area contributed by atoms with Crippen molar-refractivity contribution in [3.8, 4) is 0 Å². The summed E-state index contributed by atoms with van der Waals surface area (Å²) in [4.78, 5) is 13.7. The number of hydrogen-bond acceptors (Lipinski definition) is 4. The SMILES string of the molecule is CCOC(=O)C1CCN(C[C@H](O)CC)CC1. The summed E-state index contributed by atoms with van der Waals surface area (Å²) >= 11 is 0. The molecule has 0 aliphatic carbocycles. The van der Waals surface area contributed by atoms with E-state index in [9.17, 15) is 9.90 Å². The largest absolute Gasteiger partial charge is 0.466 e. The third kappa shape index (κ3) is 4.10. The van der Waals surface area contributed by atoms with Crippen LogP contribution in [0.2, 0.25) is 0 Å². The van der Waals surface area contributed by atoms with Crippen LogP contribution in [-0.2, 0) is 9.53 Å². The maximum atomic E-state index is 11.5. The molecule has 0 unspecified atom stereocenters. The molecule has 1 fully saturated rings. The number of carbonyl (C=O) groups is 1. The Hall–Kier alpha value is -0.610. The zero-order valence-corrected chi connectivity index (χ0v) is 10.3. The second-order valence-corrected chi connectivity index (χ2v) is 4.39. The first kappa shape index (κ1) is 13.5. The Morgan fingerprint density at radius 2 is 2.06 bits per heavy atom. The van der Waals surface area contributed by atoms with E-state index in [1.165, 1.54) is 0 Å². The summed E-state index contributed by atoms with van der Waals surface area (Å²) in [6, 6.07) is 0. The summed E-state index contributed by atoms with van der Waals surface area (Å²) in [6.07, 6.45) is 2.27. The van der Waals surface area contributed by atoms with E-state index in [0.717, 1.165) is 38.9 Å². The van der Waals surface area contributed by atoms with Crippen LogP contribution in [0.3, 0.4) is 0 Å². The van der Waals surface area contributed by atoms with Crippen LogP contribution in [-0.4, -0.2) is 48.3 Å². The lowest BCUT2D eigenvalue weighted by molar-refractivity contribution is -0.149. The van der Waals surface area contributed by atoms with Crippen molar-refractivity contribution >= 4 is 5.97 Å². The van der Waals surface area contributed by atoms with Gasteiger partial charge in [-0.1, -0.05) is 6.92 Å². The molecule has 0 aromatic heterocycles. The summed E-state index contributed by atoms with van der Waals surface area (Å²) < 4.78 is 5.01. The van der Waals surface area contributed by atoms with Gasteiger partial charge in [-0.2, -0.15) is 0 Å². The van der Waals surface area contributed by atoms with Crippen LogP contribution in [0, 0.1) is 5.92 Å². The van der Waals surface area contributed by atoms with Gasteiger partial charge in [-0.15, -0.1) is 0 Å². The van der Waals surface area contributed by atoms with Crippen LogP contribution in [0.25, 0.3) is 0 Å². The van der Waals surface area contributed by atoms with E-state index in [1.807, 2.05) is 13.8 Å². The molecule has 1 heterocycles. The molecule has 1 rings (SSSR count). The van der Waals surface area contributed by atoms with Crippen LogP contribution in [0.15, 0.2) is 0 Å². The molecule has 0 bridgehead atoms. The van der Waals surface area contributed by atoms with Gasteiger partial charge in [0.1, 0.15) is 0 Å². The third-order valence-electron chi connectivity index (χ3n) is 3.15. The molecule has 0 radical (unpaired) electrons. The minimum atomic E-state index is -0.237. The Labute approximate surface area is 97.6 Å². The number of esters is 1. The highest BCUT2D eigenvalue weighted by molar-refractivity contribution is 5.72. The summed E-state index contributed by atoms with van der Waals surface area (Å²) in [5, 5.41) is 9.54. The number of piperidine rings is 1. The van der Waals surface area contributed by atoms with E-state index in [4.69, 9.17) is 4.74 Å². The lowest BCUT2D eigenvalue weighted by atomic mass is 9.97. The number of hydrogen-bond donors (Lipinski definition) is 1. The first-order valence-corrected chi connectivity index (χ1v) is 6.24. The van der Waals surface area contributed by atoms with Crippen LogP contribution in [0.4, 0.5) is 0 Å². The van der Waals surface area contributed by atoms with E-state index >= 15 is 0 Å². The predicted octanol–water partition coefficient (Wildman–Crippen LogP) is 1.03. The van der Waals surface area contributed by atoms with E-state index in [0.29, 0.717) is 6.61 Å². The van der Waals surface area contributed by atoms with Crippen LogP contribution in [0.5, 0.6) is 0 Å². The van der Waals surface area contributed by atoms with Crippen LogP contribution >= 0.6 is 0 Å². The van der Waals surface area contributed by atoms with Gasteiger partial charge in [0.2, 0.25) is 0 Å². The fraction of sp³-hybridized carbons (Fsp3) is 0.917. The Bertz CT molecular complexity index is 212. The number of aliphatic hydroxyl groups excluding tert-OH is 1. The highest BCUT2D eigenvalue weighted by atomic mass is 16.5. The minimum Gasteiger partial charge on any atom is -0.466 e. The van der Waals surface area contributed by atoms with Crippen molar-refractivity contribution in [3.63, 3.8) is 0 Å². The molecule has 1 atom stereocenters. The Morgan fingerprint density at radius 1 is 1.44 bits per heavy atom. The molecule has 4 heteroatoms. The number of nitrogens with zero attached hydrogens (tertiary/aromatic N) is 1. The molecule has 0 saturated carbocycles.